The number of rotatable bonds is 9. The molecule has 0 amide bonds. The molecule has 0 radical (unpaired) electrons. The molecule has 14 heavy (non-hydrogen) atoms. The first-order valence-electron chi connectivity index (χ1n) is 6.10. The number of nitrogens with one attached hydrogen (secondary N) is 1. The van der Waals surface area contributed by atoms with Gasteiger partial charge < -0.3 is 10.1 Å². The minimum absolute atomic E-state index is 0.803. The summed E-state index contributed by atoms with van der Waals surface area (Å²) in [7, 11) is 1.78. The molecule has 1 aliphatic carbocycles. The quantitative estimate of drug-likeness (QED) is 0.576. The number of hydrogen-bond donors (Lipinski definition) is 1. The van der Waals surface area contributed by atoms with Crippen LogP contribution in [-0.2, 0) is 4.74 Å². The molecule has 84 valence electrons. The van der Waals surface area contributed by atoms with E-state index in [2.05, 4.69) is 12.2 Å². The standard InChI is InChI=1S/C12H25NO/c1-3-12(11-7-8-11)13-9-5-4-6-10-14-2/h11-13H,3-10H2,1-2H3. The Morgan fingerprint density at radius 1 is 1.29 bits per heavy atom. The van der Waals surface area contributed by atoms with Gasteiger partial charge in [0.05, 0.1) is 0 Å². The second-order valence-corrected chi connectivity index (χ2v) is 4.36. The summed E-state index contributed by atoms with van der Waals surface area (Å²) in [5.74, 6) is 0.999. The molecule has 0 saturated heterocycles. The smallest absolute Gasteiger partial charge is 0.0462 e. The lowest BCUT2D eigenvalue weighted by Crippen LogP contribution is -2.31. The highest BCUT2D eigenvalue weighted by Gasteiger charge is 2.28. The largest absolute Gasteiger partial charge is 0.385 e. The van der Waals surface area contributed by atoms with Gasteiger partial charge in [0.2, 0.25) is 0 Å². The number of ether oxygens (including phenoxy) is 1. The maximum Gasteiger partial charge on any atom is 0.0462 e. The van der Waals surface area contributed by atoms with Crippen molar-refractivity contribution in [3.05, 3.63) is 0 Å². The van der Waals surface area contributed by atoms with Crippen LogP contribution >= 0.6 is 0 Å². The molecule has 0 heterocycles. The van der Waals surface area contributed by atoms with E-state index in [4.69, 9.17) is 4.74 Å². The molecular formula is C12H25NO. The van der Waals surface area contributed by atoms with E-state index in [1.165, 1.54) is 45.1 Å². The molecule has 2 heteroatoms. The van der Waals surface area contributed by atoms with Crippen molar-refractivity contribution in [3.63, 3.8) is 0 Å². The molecule has 0 aliphatic heterocycles. The van der Waals surface area contributed by atoms with E-state index in [0.29, 0.717) is 0 Å². The average Bonchev–Trinajstić information content (AvgIpc) is 3.01. The third kappa shape index (κ3) is 4.97. The van der Waals surface area contributed by atoms with Gasteiger partial charge in [-0.25, -0.2) is 0 Å². The van der Waals surface area contributed by atoms with E-state index in [9.17, 15) is 0 Å². The number of hydrogen-bond acceptors (Lipinski definition) is 2. The Kier molecular flexibility index (Phi) is 6.20. The molecule has 0 spiro atoms. The molecule has 1 unspecified atom stereocenters. The summed E-state index contributed by atoms with van der Waals surface area (Å²) < 4.78 is 5.02. The SMILES string of the molecule is CCC(NCCCCCOC)C1CC1. The summed E-state index contributed by atoms with van der Waals surface area (Å²) >= 11 is 0. The van der Waals surface area contributed by atoms with Crippen molar-refractivity contribution in [3.8, 4) is 0 Å². The average molecular weight is 199 g/mol. The van der Waals surface area contributed by atoms with Gasteiger partial charge in [0, 0.05) is 19.8 Å². The Morgan fingerprint density at radius 2 is 2.07 bits per heavy atom. The summed E-state index contributed by atoms with van der Waals surface area (Å²) in [4.78, 5) is 0. The van der Waals surface area contributed by atoms with Crippen LogP contribution in [0.2, 0.25) is 0 Å². The summed E-state index contributed by atoms with van der Waals surface area (Å²) in [6.45, 7) is 4.40. The van der Waals surface area contributed by atoms with Gasteiger partial charge in [0.25, 0.3) is 0 Å². The minimum Gasteiger partial charge on any atom is -0.385 e. The molecule has 1 rings (SSSR count). The topological polar surface area (TPSA) is 21.3 Å². The summed E-state index contributed by atoms with van der Waals surface area (Å²) in [5.41, 5.74) is 0. The molecule has 1 fully saturated rings. The first-order valence-corrected chi connectivity index (χ1v) is 6.10. The molecule has 0 aromatic carbocycles. The van der Waals surface area contributed by atoms with Gasteiger partial charge in [-0.1, -0.05) is 6.92 Å². The predicted molar refractivity (Wildman–Crippen MR) is 60.5 cm³/mol. The van der Waals surface area contributed by atoms with Crippen LogP contribution in [0.25, 0.3) is 0 Å². The highest BCUT2D eigenvalue weighted by atomic mass is 16.5. The van der Waals surface area contributed by atoms with Crippen molar-refractivity contribution >= 4 is 0 Å². The molecule has 1 atom stereocenters. The zero-order valence-corrected chi connectivity index (χ0v) is 9.72. The van der Waals surface area contributed by atoms with E-state index in [0.717, 1.165) is 18.6 Å². The van der Waals surface area contributed by atoms with Crippen molar-refractivity contribution in [1.82, 2.24) is 5.32 Å². The van der Waals surface area contributed by atoms with Gasteiger partial charge >= 0.3 is 0 Å². The van der Waals surface area contributed by atoms with Crippen molar-refractivity contribution in [2.45, 2.75) is 51.5 Å². The van der Waals surface area contributed by atoms with Crippen molar-refractivity contribution in [2.24, 2.45) is 5.92 Å². The van der Waals surface area contributed by atoms with Gasteiger partial charge in [-0.05, 0) is 51.0 Å². The number of unbranched alkanes of at least 4 members (excludes halogenated alkanes) is 2. The monoisotopic (exact) mass is 199 g/mol. The maximum atomic E-state index is 5.02. The zero-order chi connectivity index (χ0) is 10.2. The van der Waals surface area contributed by atoms with E-state index < -0.39 is 0 Å². The molecule has 1 aliphatic rings. The van der Waals surface area contributed by atoms with Crippen LogP contribution in [0.1, 0.15) is 45.4 Å². The summed E-state index contributed by atoms with van der Waals surface area (Å²) in [6.07, 6.45) is 8.00. The number of methoxy groups -OCH3 is 1. The third-order valence-electron chi connectivity index (χ3n) is 3.06. The Morgan fingerprint density at radius 3 is 2.64 bits per heavy atom. The van der Waals surface area contributed by atoms with Gasteiger partial charge in [0.15, 0.2) is 0 Å². The normalized spacial score (nSPS) is 18.4. The lowest BCUT2D eigenvalue weighted by Gasteiger charge is -2.15. The van der Waals surface area contributed by atoms with Crippen LogP contribution in [0, 0.1) is 5.92 Å². The maximum absolute atomic E-state index is 5.02. The molecular weight excluding hydrogens is 174 g/mol. The zero-order valence-electron chi connectivity index (χ0n) is 9.72. The minimum atomic E-state index is 0.803. The van der Waals surface area contributed by atoms with Crippen LogP contribution in [0.4, 0.5) is 0 Å². The molecule has 0 aromatic rings. The van der Waals surface area contributed by atoms with Crippen molar-refractivity contribution in [2.75, 3.05) is 20.3 Å². The van der Waals surface area contributed by atoms with Crippen molar-refractivity contribution in [1.29, 1.82) is 0 Å². The second kappa shape index (κ2) is 7.24. The van der Waals surface area contributed by atoms with E-state index in [1.54, 1.807) is 7.11 Å². The van der Waals surface area contributed by atoms with Crippen LogP contribution in [0.3, 0.4) is 0 Å². The van der Waals surface area contributed by atoms with Gasteiger partial charge in [-0.2, -0.15) is 0 Å². The lowest BCUT2D eigenvalue weighted by atomic mass is 10.1. The highest BCUT2D eigenvalue weighted by molar-refractivity contribution is 4.85. The predicted octanol–water partition coefficient (Wildman–Crippen LogP) is 2.58. The highest BCUT2D eigenvalue weighted by Crippen LogP contribution is 2.33. The first-order chi connectivity index (χ1) is 6.88. The van der Waals surface area contributed by atoms with Gasteiger partial charge in [-0.3, -0.25) is 0 Å². The third-order valence-corrected chi connectivity index (χ3v) is 3.06. The van der Waals surface area contributed by atoms with Crippen LogP contribution < -0.4 is 5.32 Å². The summed E-state index contributed by atoms with van der Waals surface area (Å²) in [5, 5.41) is 3.67. The van der Waals surface area contributed by atoms with E-state index in [1.807, 2.05) is 0 Å². The lowest BCUT2D eigenvalue weighted by molar-refractivity contribution is 0.192. The van der Waals surface area contributed by atoms with Crippen LogP contribution in [0.15, 0.2) is 0 Å². The van der Waals surface area contributed by atoms with Gasteiger partial charge in [-0.15, -0.1) is 0 Å². The van der Waals surface area contributed by atoms with Crippen LogP contribution in [-0.4, -0.2) is 26.3 Å². The van der Waals surface area contributed by atoms with Gasteiger partial charge in [0.1, 0.15) is 0 Å². The fraction of sp³-hybridized carbons (Fsp3) is 1.00. The molecule has 0 aromatic heterocycles. The fourth-order valence-corrected chi connectivity index (χ4v) is 1.98. The van der Waals surface area contributed by atoms with E-state index >= 15 is 0 Å². The Hall–Kier alpha value is -0.0800. The van der Waals surface area contributed by atoms with E-state index in [-0.39, 0.29) is 0 Å². The Balaban J connectivity index is 1.86. The molecule has 1 N–H and O–H groups in total. The molecule has 2 nitrogen and oxygen atoms in total. The van der Waals surface area contributed by atoms with Crippen LogP contribution in [0.5, 0.6) is 0 Å². The Labute approximate surface area is 88.4 Å². The summed E-state index contributed by atoms with van der Waals surface area (Å²) in [6, 6.07) is 0.803. The second-order valence-electron chi connectivity index (χ2n) is 4.36. The fourth-order valence-electron chi connectivity index (χ4n) is 1.98. The Bertz CT molecular complexity index is 134. The van der Waals surface area contributed by atoms with Crippen molar-refractivity contribution < 1.29 is 4.74 Å². The molecule has 1 saturated carbocycles. The molecule has 0 bridgehead atoms. The first kappa shape index (κ1) is 12.0.